The molecule has 0 spiro atoms. The van der Waals surface area contributed by atoms with Crippen LogP contribution in [0.15, 0.2) is 18.2 Å². The van der Waals surface area contributed by atoms with E-state index in [1.165, 1.54) is 72.9 Å². The number of hydrogen-bond acceptors (Lipinski definition) is 12. The van der Waals surface area contributed by atoms with Crippen LogP contribution in [0.1, 0.15) is 199 Å². The van der Waals surface area contributed by atoms with E-state index in [0.29, 0.717) is 63.6 Å². The van der Waals surface area contributed by atoms with Crippen LogP contribution in [-0.4, -0.2) is 252 Å². The average molecular weight is 1440 g/mol. The number of carbonyl (C=O) groups is 12. The summed E-state index contributed by atoms with van der Waals surface area (Å²) >= 11 is 6.11. The first-order valence-electron chi connectivity index (χ1n) is 37.0. The smallest absolute Gasteiger partial charge is 0.354 e. The third-order valence-electron chi connectivity index (χ3n) is 21.7. The van der Waals surface area contributed by atoms with Crippen molar-refractivity contribution >= 4 is 82.5 Å². The van der Waals surface area contributed by atoms with Gasteiger partial charge in [-0.3, -0.25) is 57.5 Å². The van der Waals surface area contributed by atoms with Gasteiger partial charge in [0.05, 0.1) is 36.6 Å². The maximum absolute atomic E-state index is 15.4. The van der Waals surface area contributed by atoms with Gasteiger partial charge in [0.15, 0.2) is 0 Å². The average Bonchev–Trinajstić information content (AvgIpc) is 1.03. The molecule has 3 heterocycles. The molecule has 566 valence electrons. The van der Waals surface area contributed by atoms with Crippen molar-refractivity contribution in [1.29, 1.82) is 0 Å². The van der Waals surface area contributed by atoms with Gasteiger partial charge in [-0.15, -0.1) is 0 Å². The highest BCUT2D eigenvalue weighted by molar-refractivity contribution is 6.31. The molecule has 3 saturated heterocycles. The number of fused-ring (bicyclic) bond motifs is 1. The molecule has 1 unspecified atom stereocenters. The van der Waals surface area contributed by atoms with Gasteiger partial charge in [0.1, 0.15) is 42.3 Å². The molecule has 0 bridgehead atoms. The van der Waals surface area contributed by atoms with Gasteiger partial charge in [-0.25, -0.2) is 0 Å². The number of benzene rings is 1. The summed E-state index contributed by atoms with van der Waals surface area (Å²) in [5, 5.41) is 8.03. The maximum atomic E-state index is 15.4. The number of aryl methyl sites for hydroxylation is 1. The molecule has 101 heavy (non-hydrogen) atoms. The van der Waals surface area contributed by atoms with Crippen molar-refractivity contribution in [3.8, 4) is 0 Å². The molecular formula is C73H114ClF3N12O12. The molecule has 3 aliphatic heterocycles. The van der Waals surface area contributed by atoms with E-state index in [1.807, 2.05) is 13.8 Å². The first-order valence-corrected chi connectivity index (χ1v) is 37.4. The lowest BCUT2D eigenvalue weighted by molar-refractivity contribution is -0.155. The van der Waals surface area contributed by atoms with Crippen molar-refractivity contribution in [2.24, 2.45) is 17.8 Å². The number of halogens is 4. The number of unbranched alkanes of at least 4 members (excludes halogenated alkanes) is 2. The summed E-state index contributed by atoms with van der Waals surface area (Å²) in [4.78, 5) is 187. The van der Waals surface area contributed by atoms with E-state index >= 15 is 4.79 Å². The second kappa shape index (κ2) is 39.5. The van der Waals surface area contributed by atoms with Crippen molar-refractivity contribution in [2.45, 2.75) is 243 Å². The van der Waals surface area contributed by atoms with Crippen LogP contribution in [0.25, 0.3) is 0 Å². The van der Waals surface area contributed by atoms with Crippen LogP contribution < -0.4 is 16.0 Å². The third kappa shape index (κ3) is 23.2. The molecule has 2 aliphatic carbocycles. The zero-order chi connectivity index (χ0) is 74.4. The lowest BCUT2D eigenvalue weighted by Gasteiger charge is -2.41. The van der Waals surface area contributed by atoms with E-state index in [1.54, 1.807) is 18.9 Å². The Labute approximate surface area is 600 Å². The Hall–Kier alpha value is -7.06. The Morgan fingerprint density at radius 1 is 0.594 bits per heavy atom. The van der Waals surface area contributed by atoms with Gasteiger partial charge in [0.25, 0.3) is 0 Å². The van der Waals surface area contributed by atoms with Crippen molar-refractivity contribution in [3.63, 3.8) is 0 Å². The summed E-state index contributed by atoms with van der Waals surface area (Å²) < 4.78 is 41.3. The molecule has 6 rings (SSSR count). The summed E-state index contributed by atoms with van der Waals surface area (Å²) in [6.45, 7) is 5.04. The zero-order valence-electron chi connectivity index (χ0n) is 61.5. The highest BCUT2D eigenvalue weighted by Gasteiger charge is 2.45. The second-order valence-corrected chi connectivity index (χ2v) is 29.5. The zero-order valence-corrected chi connectivity index (χ0v) is 62.2. The molecule has 0 radical (unpaired) electrons. The number of amides is 12. The van der Waals surface area contributed by atoms with Gasteiger partial charge in [-0.2, -0.15) is 13.2 Å². The van der Waals surface area contributed by atoms with Gasteiger partial charge in [0.2, 0.25) is 70.9 Å². The number of likely N-dealkylation sites (N-methyl/N-ethyl adjacent to an activating group) is 7. The van der Waals surface area contributed by atoms with Crippen molar-refractivity contribution < 1.29 is 70.7 Å². The number of alkyl halides is 3. The molecule has 5 aliphatic rings. The molecule has 28 heteroatoms. The largest absolute Gasteiger partial charge is 0.417 e. The standard InChI is InChI=1S/C73H114ClF3N12O12/c1-11-13-17-31-55-67(96)80-64(48(3)12-2)71(100)83(6)46-62(93)81(4)47-63(94)85(8)57(43-49-27-18-14-19-28-49)69(98)82(5)45-59(90)79-54(37-35-50-34-36-52(53(74)42-50)73(75,76)77)68(97)89-41-26-32-56(89)66(95)78-38-23-22-33-60(91)87(10)65(51-29-20-15-21-30-51)72(101)86(9)58(44-61(92)84(55)7)70(99)88-39-24-16-25-40-88/h34,36,42,48-49,51,54-58,64-65H,11-33,35,37-41,43-47H2,1-10H3,(H,78,95)(H,79,90)(H,80,96)/t48?,54-,55-,56-,57-,58-,64-,65-/m0/s1. The molecule has 2 saturated carbocycles. The second-order valence-electron chi connectivity index (χ2n) is 29.1. The minimum atomic E-state index is -4.74. The Balaban J connectivity index is 1.34. The summed E-state index contributed by atoms with van der Waals surface area (Å²) in [7, 11) is 10.2. The molecule has 1 aromatic rings. The van der Waals surface area contributed by atoms with Crippen LogP contribution >= 0.6 is 11.6 Å². The summed E-state index contributed by atoms with van der Waals surface area (Å²) in [5.41, 5.74) is -0.726. The van der Waals surface area contributed by atoms with Gasteiger partial charge in [-0.1, -0.05) is 115 Å². The number of hydrogen-bond donors (Lipinski definition) is 3. The van der Waals surface area contributed by atoms with Crippen LogP contribution in [-0.2, 0) is 70.1 Å². The number of nitrogens with zero attached hydrogens (tertiary/aromatic N) is 9. The van der Waals surface area contributed by atoms with E-state index in [9.17, 15) is 65.9 Å². The number of piperidine rings is 1. The van der Waals surface area contributed by atoms with E-state index in [0.717, 1.165) is 104 Å². The van der Waals surface area contributed by atoms with Crippen LogP contribution in [0.2, 0.25) is 5.02 Å². The molecule has 8 atom stereocenters. The number of likely N-dealkylation sites (tertiary alicyclic amines) is 1. The Bertz CT molecular complexity index is 3040. The molecule has 24 nitrogen and oxygen atoms in total. The quantitative estimate of drug-likeness (QED) is 0.172. The van der Waals surface area contributed by atoms with E-state index < -0.39 is 156 Å². The molecule has 1 aromatic carbocycles. The Morgan fingerprint density at radius 2 is 1.22 bits per heavy atom. The van der Waals surface area contributed by atoms with Crippen LogP contribution in [0, 0.1) is 17.8 Å². The topological polar surface area (TPSA) is 270 Å². The van der Waals surface area contributed by atoms with Gasteiger partial charge < -0.3 is 60.0 Å². The van der Waals surface area contributed by atoms with Crippen LogP contribution in [0.3, 0.4) is 0 Å². The summed E-state index contributed by atoms with van der Waals surface area (Å²) in [6, 6.07) is -4.88. The predicted octanol–water partition coefficient (Wildman–Crippen LogP) is 6.82. The third-order valence-corrected chi connectivity index (χ3v) is 22.0. The predicted molar refractivity (Wildman–Crippen MR) is 376 cm³/mol. The fourth-order valence-electron chi connectivity index (χ4n) is 15.0. The Morgan fingerprint density at radius 3 is 1.85 bits per heavy atom. The SMILES string of the molecule is CCCCC[C@H]1C(=O)N[C@@H](C(C)CC)C(=O)N(C)CC(=O)N(C)CC(=O)N(C)[C@@H](CC2CCCCC2)C(=O)N(C)CC(=O)N[C@@H](CCc2ccc(C(F)(F)F)c(Cl)c2)C(=O)N2CCC[C@H]2C(=O)NCCCCC(=O)N(C)[C@@H](C2CCCCC2)C(=O)N(C)[C@H](C(=O)N2CCCCC2)CC(=O)N1C. The number of nitrogens with one attached hydrogen (secondary N) is 3. The number of carbonyl (C=O) groups excluding carboxylic acids is 12. The van der Waals surface area contributed by atoms with Crippen molar-refractivity contribution in [2.75, 3.05) is 95.1 Å². The minimum Gasteiger partial charge on any atom is -0.354 e. The molecule has 3 N–H and O–H groups in total. The first kappa shape index (κ1) is 82.9. The lowest BCUT2D eigenvalue weighted by Crippen LogP contribution is -2.59. The van der Waals surface area contributed by atoms with Gasteiger partial charge in [0, 0.05) is 81.9 Å². The fourth-order valence-corrected chi connectivity index (χ4v) is 15.3. The normalized spacial score (nSPS) is 25.9. The molecular weight excluding hydrogens is 1330 g/mol. The Kier molecular flexibility index (Phi) is 32.5. The van der Waals surface area contributed by atoms with Crippen molar-refractivity contribution in [3.05, 3.63) is 34.3 Å². The van der Waals surface area contributed by atoms with E-state index in [-0.39, 0.29) is 75.8 Å². The number of rotatable bonds is 13. The highest BCUT2D eigenvalue weighted by Crippen LogP contribution is 2.36. The molecule has 0 aromatic heterocycles. The van der Waals surface area contributed by atoms with Gasteiger partial charge in [-0.05, 0) is 119 Å². The minimum absolute atomic E-state index is 0.0148. The van der Waals surface area contributed by atoms with Crippen molar-refractivity contribution in [1.82, 2.24) is 60.0 Å². The monoisotopic (exact) mass is 1440 g/mol. The fraction of sp³-hybridized carbons (Fsp3) is 0.753. The molecule has 5 fully saturated rings. The highest BCUT2D eigenvalue weighted by atomic mass is 35.5. The summed E-state index contributed by atoms with van der Waals surface area (Å²) in [5.74, 6) is -7.63. The van der Waals surface area contributed by atoms with E-state index in [4.69, 9.17) is 11.6 Å². The van der Waals surface area contributed by atoms with Crippen LogP contribution in [0.4, 0.5) is 13.2 Å². The molecule has 12 amide bonds. The van der Waals surface area contributed by atoms with E-state index in [2.05, 4.69) is 16.0 Å². The maximum Gasteiger partial charge on any atom is 0.417 e. The summed E-state index contributed by atoms with van der Waals surface area (Å²) in [6.07, 6.45) is 9.29. The lowest BCUT2D eigenvalue weighted by atomic mass is 9.82. The first-order chi connectivity index (χ1) is 47.9. The van der Waals surface area contributed by atoms with Crippen LogP contribution in [0.5, 0.6) is 0 Å². The van der Waals surface area contributed by atoms with Gasteiger partial charge >= 0.3 is 6.18 Å².